The summed E-state index contributed by atoms with van der Waals surface area (Å²) in [6.07, 6.45) is 29.9. The average Bonchev–Trinajstić information content (AvgIpc) is 3.20. The van der Waals surface area contributed by atoms with E-state index >= 15 is 0 Å². The summed E-state index contributed by atoms with van der Waals surface area (Å²) in [6, 6.07) is 10.9. The van der Waals surface area contributed by atoms with Gasteiger partial charge >= 0.3 is 0 Å². The van der Waals surface area contributed by atoms with Crippen LogP contribution in [0.4, 0.5) is 0 Å². The number of benzene rings is 1. The van der Waals surface area contributed by atoms with Crippen LogP contribution in [0.2, 0.25) is 0 Å². The van der Waals surface area contributed by atoms with Crippen LogP contribution in [0, 0.1) is 0 Å². The molecule has 2 heteroatoms. The number of unbranched alkanes of at least 4 members (excludes halogenated alkanes) is 15. The summed E-state index contributed by atoms with van der Waals surface area (Å²) < 4.78 is 4.95. The third-order valence-electron chi connectivity index (χ3n) is 7.00. The van der Waals surface area contributed by atoms with Crippen LogP contribution in [-0.2, 0) is 19.5 Å². The van der Waals surface area contributed by atoms with Gasteiger partial charge in [0.05, 0.1) is 6.54 Å². The molecule has 186 valence electrons. The Balaban J connectivity index is 1.51. The smallest absolute Gasteiger partial charge is 0.234 e. The van der Waals surface area contributed by atoms with E-state index in [4.69, 9.17) is 0 Å². The molecule has 0 aliphatic rings. The van der Waals surface area contributed by atoms with Crippen LogP contribution in [0.3, 0.4) is 0 Å². The zero-order chi connectivity index (χ0) is 23.4. The number of rotatable bonds is 21. The van der Waals surface area contributed by atoms with Gasteiger partial charge in [-0.15, -0.1) is 0 Å². The van der Waals surface area contributed by atoms with Crippen molar-refractivity contribution in [3.8, 4) is 0 Å². The van der Waals surface area contributed by atoms with Gasteiger partial charge in [-0.25, -0.2) is 9.13 Å². The molecule has 0 N–H and O–H groups in total. The number of hydrogen-bond acceptors (Lipinski definition) is 0. The van der Waals surface area contributed by atoms with Gasteiger partial charge in [-0.05, 0) is 18.4 Å². The number of imidazole rings is 1. The zero-order valence-corrected chi connectivity index (χ0v) is 22.1. The number of aryl methyl sites for hydroxylation is 1. The fourth-order valence-corrected chi connectivity index (χ4v) is 4.99. The number of hydrogen-bond donors (Lipinski definition) is 0. The Morgan fingerprint density at radius 1 is 0.606 bits per heavy atom. The van der Waals surface area contributed by atoms with Gasteiger partial charge in [-0.2, -0.15) is 0 Å². The van der Waals surface area contributed by atoms with Crippen molar-refractivity contribution in [1.29, 1.82) is 0 Å². The Kier molecular flexibility index (Phi) is 15.8. The van der Waals surface area contributed by atoms with Gasteiger partial charge in [0.2, 0.25) is 0 Å². The van der Waals surface area contributed by atoms with Gasteiger partial charge in [0.25, 0.3) is 5.82 Å². The number of aromatic nitrogens is 2. The molecule has 2 nitrogen and oxygen atoms in total. The van der Waals surface area contributed by atoms with Gasteiger partial charge in [-0.1, -0.05) is 140 Å². The molecule has 0 aliphatic heterocycles. The first kappa shape index (κ1) is 27.7. The van der Waals surface area contributed by atoms with Crippen LogP contribution in [0.25, 0.3) is 0 Å². The van der Waals surface area contributed by atoms with Crippen LogP contribution >= 0.6 is 0 Å². The van der Waals surface area contributed by atoms with Gasteiger partial charge in [-0.3, -0.25) is 0 Å². The molecule has 0 saturated heterocycles. The molecule has 0 unspecified atom stereocenters. The summed E-state index contributed by atoms with van der Waals surface area (Å²) in [6.45, 7) is 6.70. The maximum Gasteiger partial charge on any atom is 0.256 e. The molecular formula is C31H53N2+. The summed E-state index contributed by atoms with van der Waals surface area (Å²) in [5.74, 6) is 1.51. The van der Waals surface area contributed by atoms with Gasteiger partial charge in [0, 0.05) is 6.42 Å². The second kappa shape index (κ2) is 18.8. The summed E-state index contributed by atoms with van der Waals surface area (Å²) in [4.78, 5) is 0. The first-order chi connectivity index (χ1) is 16.3. The van der Waals surface area contributed by atoms with E-state index in [-0.39, 0.29) is 0 Å². The minimum atomic E-state index is 0.992. The first-order valence-electron chi connectivity index (χ1n) is 14.5. The largest absolute Gasteiger partial charge is 0.256 e. The van der Waals surface area contributed by atoms with Crippen molar-refractivity contribution in [2.45, 2.75) is 143 Å². The predicted octanol–water partition coefficient (Wildman–Crippen LogP) is 9.04. The van der Waals surface area contributed by atoms with E-state index in [9.17, 15) is 0 Å². The summed E-state index contributed by atoms with van der Waals surface area (Å²) in [5, 5.41) is 0. The van der Waals surface area contributed by atoms with Crippen molar-refractivity contribution in [2.24, 2.45) is 0 Å². The molecule has 0 amide bonds. The Bertz CT molecular complexity index is 688. The van der Waals surface area contributed by atoms with E-state index in [0.29, 0.717) is 0 Å². The highest BCUT2D eigenvalue weighted by Gasteiger charge is 2.16. The van der Waals surface area contributed by atoms with Crippen molar-refractivity contribution < 1.29 is 4.57 Å². The molecule has 1 heterocycles. The van der Waals surface area contributed by atoms with E-state index < -0.39 is 0 Å². The minimum absolute atomic E-state index is 0.992. The molecule has 0 radical (unpaired) electrons. The summed E-state index contributed by atoms with van der Waals surface area (Å²) in [7, 11) is 0. The second-order valence-electron chi connectivity index (χ2n) is 10.1. The molecule has 0 saturated carbocycles. The topological polar surface area (TPSA) is 8.81 Å². The van der Waals surface area contributed by atoms with E-state index in [1.807, 2.05) is 0 Å². The summed E-state index contributed by atoms with van der Waals surface area (Å²) >= 11 is 0. The van der Waals surface area contributed by atoms with Gasteiger partial charge in [0.1, 0.15) is 18.9 Å². The van der Waals surface area contributed by atoms with Crippen LogP contribution in [-0.4, -0.2) is 4.57 Å². The molecule has 0 fully saturated rings. The monoisotopic (exact) mass is 453 g/mol. The molecule has 0 aliphatic carbocycles. The zero-order valence-electron chi connectivity index (χ0n) is 22.1. The first-order valence-corrected chi connectivity index (χ1v) is 14.5. The lowest BCUT2D eigenvalue weighted by atomic mass is 10.0. The van der Waals surface area contributed by atoms with E-state index in [2.05, 4.69) is 65.7 Å². The molecular weight excluding hydrogens is 400 g/mol. The molecule has 0 atom stereocenters. The van der Waals surface area contributed by atoms with E-state index in [1.165, 1.54) is 127 Å². The Hall–Kier alpha value is -1.57. The van der Waals surface area contributed by atoms with Crippen molar-refractivity contribution in [2.75, 3.05) is 0 Å². The third-order valence-corrected chi connectivity index (χ3v) is 7.00. The van der Waals surface area contributed by atoms with Crippen LogP contribution in [0.5, 0.6) is 0 Å². The van der Waals surface area contributed by atoms with Gasteiger partial charge in [0.15, 0.2) is 0 Å². The van der Waals surface area contributed by atoms with Gasteiger partial charge < -0.3 is 0 Å². The Morgan fingerprint density at radius 2 is 1.12 bits per heavy atom. The molecule has 33 heavy (non-hydrogen) atoms. The second-order valence-corrected chi connectivity index (χ2v) is 10.1. The van der Waals surface area contributed by atoms with E-state index in [1.54, 1.807) is 0 Å². The number of nitrogens with zero attached hydrogens (tertiary/aromatic N) is 2. The fourth-order valence-electron chi connectivity index (χ4n) is 4.99. The average molecular weight is 454 g/mol. The molecule has 1 aromatic heterocycles. The quantitative estimate of drug-likeness (QED) is 0.132. The van der Waals surface area contributed by atoms with Crippen LogP contribution in [0.15, 0.2) is 42.7 Å². The van der Waals surface area contributed by atoms with E-state index in [0.717, 1.165) is 13.1 Å². The van der Waals surface area contributed by atoms with Crippen molar-refractivity contribution >= 4 is 0 Å². The highest BCUT2D eigenvalue weighted by atomic mass is 15.1. The standard InChI is InChI=1S/C31H53N2/c1-3-5-6-7-8-9-10-11-12-13-14-15-16-17-18-22-25-31-32(26-4-2)27-28-33(31)29-30-23-20-19-21-24-30/h19-21,23-24,27-28H,3-18,22,25-26,29H2,1-2H3/q+1. The Morgan fingerprint density at radius 3 is 1.64 bits per heavy atom. The lowest BCUT2D eigenvalue weighted by Crippen LogP contribution is -2.37. The molecule has 0 spiro atoms. The highest BCUT2D eigenvalue weighted by molar-refractivity contribution is 5.15. The fraction of sp³-hybridized carbons (Fsp3) is 0.710. The summed E-state index contributed by atoms with van der Waals surface area (Å²) in [5.41, 5.74) is 1.39. The third kappa shape index (κ3) is 12.5. The maximum atomic E-state index is 2.48. The van der Waals surface area contributed by atoms with Crippen molar-refractivity contribution in [3.63, 3.8) is 0 Å². The van der Waals surface area contributed by atoms with Crippen molar-refractivity contribution in [1.82, 2.24) is 4.57 Å². The molecule has 2 rings (SSSR count). The molecule has 1 aromatic carbocycles. The Labute approximate surface area is 205 Å². The SMILES string of the molecule is CCCCCCCCCCCCCCCCCCc1n(Cc2ccccc2)cc[n+]1CCC. The normalized spacial score (nSPS) is 11.3. The van der Waals surface area contributed by atoms with Crippen LogP contribution < -0.4 is 4.57 Å². The predicted molar refractivity (Wildman–Crippen MR) is 144 cm³/mol. The lowest BCUT2D eigenvalue weighted by Gasteiger charge is -2.06. The minimum Gasteiger partial charge on any atom is -0.234 e. The molecule has 2 aromatic rings. The lowest BCUT2D eigenvalue weighted by molar-refractivity contribution is -0.703. The van der Waals surface area contributed by atoms with Crippen LogP contribution in [0.1, 0.15) is 134 Å². The molecule has 0 bridgehead atoms. The van der Waals surface area contributed by atoms with Crippen molar-refractivity contribution in [3.05, 3.63) is 54.1 Å². The maximum absolute atomic E-state index is 2.48. The highest BCUT2D eigenvalue weighted by Crippen LogP contribution is 2.14.